The van der Waals surface area contributed by atoms with E-state index in [1.54, 1.807) is 0 Å². The molecule has 0 radical (unpaired) electrons. The van der Waals surface area contributed by atoms with Gasteiger partial charge in [0.2, 0.25) is 11.7 Å². The van der Waals surface area contributed by atoms with Crippen molar-refractivity contribution >= 4 is 5.78 Å². The lowest BCUT2D eigenvalue weighted by atomic mass is 9.51. The summed E-state index contributed by atoms with van der Waals surface area (Å²) in [5.41, 5.74) is 5.45. The largest absolute Gasteiger partial charge is 0.417 e. The Morgan fingerprint density at radius 3 is 2.26 bits per heavy atom. The Morgan fingerprint density at radius 2 is 1.74 bits per heavy atom. The number of carbonyl (C=O) groups is 1. The van der Waals surface area contributed by atoms with Gasteiger partial charge >= 0.3 is 0 Å². The predicted octanol–water partition coefficient (Wildman–Crippen LogP) is 1.78. The van der Waals surface area contributed by atoms with Gasteiger partial charge in [0.15, 0.2) is 0 Å². The van der Waals surface area contributed by atoms with Crippen LogP contribution in [0.5, 0.6) is 0 Å². The van der Waals surface area contributed by atoms with Crippen LogP contribution < -0.4 is 5.73 Å². The lowest BCUT2D eigenvalue weighted by molar-refractivity contribution is -0.0264. The molecule has 4 aliphatic carbocycles. The summed E-state index contributed by atoms with van der Waals surface area (Å²) in [5.74, 6) is 3.57. The maximum atomic E-state index is 12.6. The van der Waals surface area contributed by atoms with Crippen LogP contribution in [-0.4, -0.2) is 16.0 Å². The predicted molar refractivity (Wildman–Crippen MR) is 67.1 cm³/mol. The molecule has 0 spiro atoms. The highest BCUT2D eigenvalue weighted by Crippen LogP contribution is 2.57. The second kappa shape index (κ2) is 4.13. The first-order valence-electron chi connectivity index (χ1n) is 7.31. The number of hydrogen-bond acceptors (Lipinski definition) is 5. The molecule has 2 N–H and O–H groups in total. The number of hydrogen-bond donors (Lipinski definition) is 1. The smallest absolute Gasteiger partial charge is 0.284 e. The van der Waals surface area contributed by atoms with Crippen molar-refractivity contribution in [2.45, 2.75) is 38.6 Å². The molecule has 0 unspecified atom stereocenters. The SMILES string of the molecule is NCc1nnc(C(=O)C2C3CC4CC(C3)CC2C4)o1. The molecule has 4 bridgehead atoms. The van der Waals surface area contributed by atoms with E-state index in [4.69, 9.17) is 10.2 Å². The number of nitrogens with zero attached hydrogens (tertiary/aromatic N) is 2. The molecular weight excluding hydrogens is 242 g/mol. The molecule has 5 rings (SSSR count). The minimum absolute atomic E-state index is 0.0704. The number of ketones is 1. The summed E-state index contributed by atoms with van der Waals surface area (Å²) in [4.78, 5) is 12.6. The number of rotatable bonds is 3. The first kappa shape index (κ1) is 11.6. The molecule has 5 heteroatoms. The maximum Gasteiger partial charge on any atom is 0.284 e. The average molecular weight is 261 g/mol. The summed E-state index contributed by atoms with van der Waals surface area (Å²) >= 11 is 0. The second-order valence-corrected chi connectivity index (χ2v) is 6.53. The fraction of sp³-hybridized carbons (Fsp3) is 0.786. The first-order valence-corrected chi connectivity index (χ1v) is 7.31. The van der Waals surface area contributed by atoms with Gasteiger partial charge in [0.1, 0.15) is 0 Å². The van der Waals surface area contributed by atoms with Gasteiger partial charge in [-0.1, -0.05) is 0 Å². The lowest BCUT2D eigenvalue weighted by Crippen LogP contribution is -2.48. The lowest BCUT2D eigenvalue weighted by Gasteiger charge is -2.53. The number of Topliss-reactive ketones (excluding diaryl/α,β-unsaturated/α-hetero) is 1. The van der Waals surface area contributed by atoms with Crippen molar-refractivity contribution in [3.8, 4) is 0 Å². The molecule has 0 saturated heterocycles. The monoisotopic (exact) mass is 261 g/mol. The minimum atomic E-state index is 0.0704. The molecule has 1 heterocycles. The van der Waals surface area contributed by atoms with E-state index in [2.05, 4.69) is 10.2 Å². The number of aromatic nitrogens is 2. The van der Waals surface area contributed by atoms with Crippen molar-refractivity contribution in [2.24, 2.45) is 35.3 Å². The molecular formula is C14H19N3O2. The van der Waals surface area contributed by atoms with Crippen LogP contribution in [0.3, 0.4) is 0 Å². The van der Waals surface area contributed by atoms with E-state index in [9.17, 15) is 4.79 Å². The third-order valence-electron chi connectivity index (χ3n) is 5.38. The van der Waals surface area contributed by atoms with Crippen LogP contribution >= 0.6 is 0 Å². The van der Waals surface area contributed by atoms with Crippen molar-refractivity contribution in [3.63, 3.8) is 0 Å². The van der Waals surface area contributed by atoms with Crippen molar-refractivity contribution in [1.29, 1.82) is 0 Å². The van der Waals surface area contributed by atoms with E-state index < -0.39 is 0 Å². The Morgan fingerprint density at radius 1 is 1.11 bits per heavy atom. The summed E-state index contributed by atoms with van der Waals surface area (Å²) in [6.07, 6.45) is 6.29. The molecule has 4 fully saturated rings. The molecule has 1 aromatic rings. The van der Waals surface area contributed by atoms with Gasteiger partial charge in [0.05, 0.1) is 6.54 Å². The van der Waals surface area contributed by atoms with Crippen LogP contribution in [-0.2, 0) is 6.54 Å². The highest BCUT2D eigenvalue weighted by molar-refractivity contribution is 5.94. The molecule has 0 amide bonds. The Kier molecular flexibility index (Phi) is 2.52. The molecule has 102 valence electrons. The van der Waals surface area contributed by atoms with E-state index in [1.165, 1.54) is 32.1 Å². The van der Waals surface area contributed by atoms with Gasteiger partial charge < -0.3 is 10.2 Å². The standard InChI is InChI=1S/C14H19N3O2/c15-6-11-16-17-14(19-11)13(18)12-9-2-7-1-8(4-9)5-10(12)3-7/h7-10,12H,1-6,15H2. The topological polar surface area (TPSA) is 82.0 Å². The van der Waals surface area contributed by atoms with Crippen LogP contribution in [0.25, 0.3) is 0 Å². The van der Waals surface area contributed by atoms with E-state index in [0.29, 0.717) is 17.7 Å². The first-order chi connectivity index (χ1) is 9.24. The van der Waals surface area contributed by atoms with Gasteiger partial charge in [0.25, 0.3) is 5.89 Å². The molecule has 5 nitrogen and oxygen atoms in total. The van der Waals surface area contributed by atoms with Crippen LogP contribution in [0.2, 0.25) is 0 Å². The van der Waals surface area contributed by atoms with E-state index in [0.717, 1.165) is 11.8 Å². The second-order valence-electron chi connectivity index (χ2n) is 6.53. The van der Waals surface area contributed by atoms with Gasteiger partial charge in [-0.3, -0.25) is 4.79 Å². The third kappa shape index (κ3) is 1.75. The van der Waals surface area contributed by atoms with Gasteiger partial charge in [-0.2, -0.15) is 0 Å². The van der Waals surface area contributed by atoms with E-state index >= 15 is 0 Å². The Bertz CT molecular complexity index is 483. The van der Waals surface area contributed by atoms with Crippen molar-refractivity contribution in [2.75, 3.05) is 0 Å². The molecule has 0 aliphatic heterocycles. The normalized spacial score (nSPS) is 39.7. The number of nitrogens with two attached hydrogens (primary N) is 1. The maximum absolute atomic E-state index is 12.6. The Balaban J connectivity index is 1.60. The van der Waals surface area contributed by atoms with Crippen LogP contribution in [0, 0.1) is 29.6 Å². The van der Waals surface area contributed by atoms with Gasteiger partial charge in [-0.25, -0.2) is 0 Å². The Labute approximate surface area is 111 Å². The fourth-order valence-corrected chi connectivity index (χ4v) is 4.93. The molecule has 0 atom stereocenters. The van der Waals surface area contributed by atoms with Crippen LogP contribution in [0.15, 0.2) is 4.42 Å². The zero-order chi connectivity index (χ0) is 13.0. The van der Waals surface area contributed by atoms with Gasteiger partial charge in [-0.05, 0) is 55.8 Å². The zero-order valence-corrected chi connectivity index (χ0v) is 10.9. The summed E-state index contributed by atoms with van der Waals surface area (Å²) in [7, 11) is 0. The van der Waals surface area contributed by atoms with Gasteiger partial charge in [-0.15, -0.1) is 10.2 Å². The highest BCUT2D eigenvalue weighted by atomic mass is 16.4. The molecule has 4 saturated carbocycles. The Hall–Kier alpha value is -1.23. The zero-order valence-electron chi connectivity index (χ0n) is 10.9. The summed E-state index contributed by atoms with van der Waals surface area (Å²) in [6.45, 7) is 0.196. The molecule has 4 aliphatic rings. The van der Waals surface area contributed by atoms with Crippen LogP contribution in [0.4, 0.5) is 0 Å². The van der Waals surface area contributed by atoms with Crippen molar-refractivity contribution < 1.29 is 9.21 Å². The fourth-order valence-electron chi connectivity index (χ4n) is 4.93. The van der Waals surface area contributed by atoms with Crippen molar-refractivity contribution in [1.82, 2.24) is 10.2 Å². The summed E-state index contributed by atoms with van der Waals surface area (Å²) in [6, 6.07) is 0. The van der Waals surface area contributed by atoms with Gasteiger partial charge in [0, 0.05) is 5.92 Å². The molecule has 0 aromatic carbocycles. The van der Waals surface area contributed by atoms with E-state index in [-0.39, 0.29) is 24.1 Å². The minimum Gasteiger partial charge on any atom is -0.417 e. The third-order valence-corrected chi connectivity index (χ3v) is 5.38. The molecule has 1 aromatic heterocycles. The van der Waals surface area contributed by atoms with Crippen molar-refractivity contribution in [3.05, 3.63) is 11.8 Å². The molecule has 19 heavy (non-hydrogen) atoms. The van der Waals surface area contributed by atoms with E-state index in [1.807, 2.05) is 0 Å². The quantitative estimate of drug-likeness (QED) is 0.839. The summed E-state index contributed by atoms with van der Waals surface area (Å²) in [5, 5.41) is 7.68. The average Bonchev–Trinajstić information content (AvgIpc) is 2.86. The summed E-state index contributed by atoms with van der Waals surface area (Å²) < 4.78 is 5.35. The van der Waals surface area contributed by atoms with Crippen LogP contribution in [0.1, 0.15) is 48.7 Å². The number of carbonyl (C=O) groups excluding carboxylic acids is 1. The highest BCUT2D eigenvalue weighted by Gasteiger charge is 2.51.